The van der Waals surface area contributed by atoms with Gasteiger partial charge in [-0.3, -0.25) is 5.41 Å². The van der Waals surface area contributed by atoms with Gasteiger partial charge in [0.2, 0.25) is 0 Å². The van der Waals surface area contributed by atoms with Gasteiger partial charge in [-0.05, 0) is 25.1 Å². The first kappa shape index (κ1) is 10.2. The van der Waals surface area contributed by atoms with Crippen LogP contribution in [0.1, 0.15) is 12.5 Å². The molecule has 0 saturated heterocycles. The molecule has 0 amide bonds. The highest BCUT2D eigenvalue weighted by Crippen LogP contribution is 2.15. The lowest BCUT2D eigenvalue weighted by Crippen LogP contribution is -2.13. The van der Waals surface area contributed by atoms with Crippen LogP contribution in [0.15, 0.2) is 30.5 Å². The molecule has 0 fully saturated rings. The van der Waals surface area contributed by atoms with Gasteiger partial charge in [-0.25, -0.2) is 4.39 Å². The molecule has 0 radical (unpaired) electrons. The highest BCUT2D eigenvalue weighted by Gasteiger charge is 2.05. The van der Waals surface area contributed by atoms with Crippen LogP contribution in [0, 0.1) is 11.2 Å². The molecule has 0 aliphatic heterocycles. The van der Waals surface area contributed by atoms with E-state index >= 15 is 0 Å². The van der Waals surface area contributed by atoms with Crippen molar-refractivity contribution in [1.29, 1.82) is 5.41 Å². The number of hydrogen-bond acceptors (Lipinski definition) is 2. The Kier molecular flexibility index (Phi) is 2.86. The van der Waals surface area contributed by atoms with Crippen molar-refractivity contribution in [1.82, 2.24) is 0 Å². The standard InChI is InChI=1S/C10H12FN3/c1-6(2)14-7-3-4-8(10(12)13)9(11)5-7/h3-5,14H,1H2,2H3,(H3,12,13). The lowest BCUT2D eigenvalue weighted by molar-refractivity contribution is 0.625. The van der Waals surface area contributed by atoms with Gasteiger partial charge < -0.3 is 11.1 Å². The fourth-order valence-electron chi connectivity index (χ4n) is 1.06. The molecule has 14 heavy (non-hydrogen) atoms. The molecule has 0 aliphatic rings. The molecule has 0 saturated carbocycles. The number of amidine groups is 1. The Morgan fingerprint density at radius 1 is 1.57 bits per heavy atom. The fraction of sp³-hybridized carbons (Fsp3) is 0.100. The fourth-order valence-corrected chi connectivity index (χ4v) is 1.06. The Labute approximate surface area is 81.9 Å². The van der Waals surface area contributed by atoms with E-state index in [4.69, 9.17) is 11.1 Å². The van der Waals surface area contributed by atoms with Crippen molar-refractivity contribution in [2.75, 3.05) is 5.32 Å². The Morgan fingerprint density at radius 3 is 2.64 bits per heavy atom. The summed E-state index contributed by atoms with van der Waals surface area (Å²) < 4.78 is 13.3. The highest BCUT2D eigenvalue weighted by atomic mass is 19.1. The van der Waals surface area contributed by atoms with E-state index < -0.39 is 5.82 Å². The number of nitrogen functional groups attached to an aromatic ring is 1. The van der Waals surface area contributed by atoms with Crippen LogP contribution in [0.5, 0.6) is 0 Å². The molecule has 0 aromatic heterocycles. The van der Waals surface area contributed by atoms with Crippen molar-refractivity contribution in [2.45, 2.75) is 6.92 Å². The van der Waals surface area contributed by atoms with E-state index in [0.717, 1.165) is 5.70 Å². The van der Waals surface area contributed by atoms with E-state index in [-0.39, 0.29) is 11.4 Å². The van der Waals surface area contributed by atoms with Crippen molar-refractivity contribution in [2.24, 2.45) is 5.73 Å². The molecule has 0 atom stereocenters. The Hall–Kier alpha value is -1.84. The minimum atomic E-state index is -0.510. The van der Waals surface area contributed by atoms with Crippen molar-refractivity contribution in [3.8, 4) is 0 Å². The topological polar surface area (TPSA) is 61.9 Å². The van der Waals surface area contributed by atoms with Gasteiger partial charge in [0, 0.05) is 11.4 Å². The summed E-state index contributed by atoms with van der Waals surface area (Å²) in [5.74, 6) is -0.784. The predicted molar refractivity (Wildman–Crippen MR) is 55.9 cm³/mol. The normalized spacial score (nSPS) is 9.57. The molecule has 3 nitrogen and oxygen atoms in total. The van der Waals surface area contributed by atoms with Gasteiger partial charge in [-0.2, -0.15) is 0 Å². The van der Waals surface area contributed by atoms with Crippen LogP contribution < -0.4 is 11.1 Å². The number of anilines is 1. The summed E-state index contributed by atoms with van der Waals surface area (Å²) in [6, 6.07) is 4.39. The number of allylic oxidation sites excluding steroid dienone is 1. The van der Waals surface area contributed by atoms with Gasteiger partial charge in [-0.1, -0.05) is 6.58 Å². The summed E-state index contributed by atoms with van der Waals surface area (Å²) in [7, 11) is 0. The first-order chi connectivity index (χ1) is 6.50. The van der Waals surface area contributed by atoms with E-state index in [9.17, 15) is 4.39 Å². The highest BCUT2D eigenvalue weighted by molar-refractivity contribution is 5.95. The summed E-state index contributed by atoms with van der Waals surface area (Å²) in [6.45, 7) is 5.41. The Morgan fingerprint density at radius 2 is 2.21 bits per heavy atom. The lowest BCUT2D eigenvalue weighted by Gasteiger charge is -2.07. The molecule has 0 aliphatic carbocycles. The predicted octanol–water partition coefficient (Wildman–Crippen LogP) is 2.06. The van der Waals surface area contributed by atoms with Gasteiger partial charge in [0.25, 0.3) is 0 Å². The monoisotopic (exact) mass is 193 g/mol. The third-order valence-corrected chi connectivity index (χ3v) is 1.62. The number of rotatable bonds is 3. The van der Waals surface area contributed by atoms with E-state index in [1.165, 1.54) is 12.1 Å². The van der Waals surface area contributed by atoms with E-state index in [2.05, 4.69) is 11.9 Å². The van der Waals surface area contributed by atoms with Gasteiger partial charge in [0.15, 0.2) is 0 Å². The molecule has 0 spiro atoms. The van der Waals surface area contributed by atoms with Crippen LogP contribution >= 0.6 is 0 Å². The Balaban J connectivity index is 3.00. The minimum Gasteiger partial charge on any atom is -0.384 e. The quantitative estimate of drug-likeness (QED) is 0.508. The number of hydrogen-bond donors (Lipinski definition) is 3. The van der Waals surface area contributed by atoms with Gasteiger partial charge in [0.05, 0.1) is 5.56 Å². The average molecular weight is 193 g/mol. The summed E-state index contributed by atoms with van der Waals surface area (Å²) in [5, 5.41) is 9.95. The number of halogens is 1. The molecule has 4 N–H and O–H groups in total. The van der Waals surface area contributed by atoms with Crippen molar-refractivity contribution >= 4 is 11.5 Å². The molecule has 0 heterocycles. The van der Waals surface area contributed by atoms with Gasteiger partial charge in [0.1, 0.15) is 11.7 Å². The number of nitrogens with two attached hydrogens (primary N) is 1. The first-order valence-corrected chi connectivity index (χ1v) is 4.07. The van der Waals surface area contributed by atoms with Crippen LogP contribution in [-0.4, -0.2) is 5.84 Å². The van der Waals surface area contributed by atoms with E-state index in [0.29, 0.717) is 5.69 Å². The second-order valence-electron chi connectivity index (χ2n) is 3.01. The largest absolute Gasteiger partial charge is 0.384 e. The summed E-state index contributed by atoms with van der Waals surface area (Å²) in [6.07, 6.45) is 0. The maximum atomic E-state index is 13.3. The summed E-state index contributed by atoms with van der Waals surface area (Å²) >= 11 is 0. The third-order valence-electron chi connectivity index (χ3n) is 1.62. The van der Waals surface area contributed by atoms with Gasteiger partial charge in [-0.15, -0.1) is 0 Å². The maximum absolute atomic E-state index is 13.3. The van der Waals surface area contributed by atoms with Crippen molar-refractivity contribution in [3.05, 3.63) is 41.9 Å². The number of nitrogens with one attached hydrogen (secondary N) is 2. The molecular formula is C10H12FN3. The van der Waals surface area contributed by atoms with E-state index in [1.54, 1.807) is 13.0 Å². The molecule has 1 rings (SSSR count). The van der Waals surface area contributed by atoms with Crippen LogP contribution in [0.4, 0.5) is 10.1 Å². The Bertz CT molecular complexity index is 385. The molecule has 4 heteroatoms. The SMILES string of the molecule is C=C(C)Nc1ccc(C(=N)N)c(F)c1. The zero-order valence-corrected chi connectivity index (χ0v) is 7.89. The second kappa shape index (κ2) is 3.91. The molecule has 74 valence electrons. The third kappa shape index (κ3) is 2.32. The summed E-state index contributed by atoms with van der Waals surface area (Å²) in [4.78, 5) is 0. The van der Waals surface area contributed by atoms with Crippen LogP contribution in [-0.2, 0) is 0 Å². The molecule has 0 bridgehead atoms. The van der Waals surface area contributed by atoms with Crippen molar-refractivity contribution in [3.63, 3.8) is 0 Å². The lowest BCUT2D eigenvalue weighted by atomic mass is 10.1. The second-order valence-corrected chi connectivity index (χ2v) is 3.01. The van der Waals surface area contributed by atoms with E-state index in [1.807, 2.05) is 0 Å². The van der Waals surface area contributed by atoms with Crippen molar-refractivity contribution < 1.29 is 4.39 Å². The number of benzene rings is 1. The van der Waals surface area contributed by atoms with Crippen LogP contribution in [0.25, 0.3) is 0 Å². The average Bonchev–Trinajstić information content (AvgIpc) is 2.01. The summed E-state index contributed by atoms with van der Waals surface area (Å²) in [5.41, 5.74) is 6.60. The minimum absolute atomic E-state index is 0.109. The molecule has 1 aromatic rings. The smallest absolute Gasteiger partial charge is 0.136 e. The molecule has 0 unspecified atom stereocenters. The zero-order chi connectivity index (χ0) is 10.7. The van der Waals surface area contributed by atoms with Gasteiger partial charge >= 0.3 is 0 Å². The molecule has 1 aromatic carbocycles. The maximum Gasteiger partial charge on any atom is 0.136 e. The molecular weight excluding hydrogens is 181 g/mol. The zero-order valence-electron chi connectivity index (χ0n) is 7.89. The first-order valence-electron chi connectivity index (χ1n) is 4.07. The van der Waals surface area contributed by atoms with Crippen LogP contribution in [0.3, 0.4) is 0 Å². The van der Waals surface area contributed by atoms with Crippen LogP contribution in [0.2, 0.25) is 0 Å².